The largest absolute Gasteiger partial charge is 0.371 e. The van der Waals surface area contributed by atoms with Crippen molar-refractivity contribution < 1.29 is 23.9 Å². The second-order valence-corrected chi connectivity index (χ2v) is 12.6. The Morgan fingerprint density at radius 3 is 2.35 bits per heavy atom. The monoisotopic (exact) mass is 610 g/mol. The van der Waals surface area contributed by atoms with Crippen molar-refractivity contribution in [2.45, 2.75) is 84.9 Å². The highest BCUT2D eigenvalue weighted by atomic mass is 32.1. The van der Waals surface area contributed by atoms with Crippen molar-refractivity contribution in [2.75, 3.05) is 20.2 Å². The number of ether oxygens (including phenoxy) is 1. The molecule has 3 rings (SSSR count). The third kappa shape index (κ3) is 9.83. The van der Waals surface area contributed by atoms with Gasteiger partial charge in [0.25, 0.3) is 17.7 Å². The second-order valence-electron chi connectivity index (χ2n) is 11.7. The van der Waals surface area contributed by atoms with Gasteiger partial charge in [-0.1, -0.05) is 64.4 Å². The summed E-state index contributed by atoms with van der Waals surface area (Å²) in [5, 5.41) is 5.45. The van der Waals surface area contributed by atoms with Crippen molar-refractivity contribution in [3.05, 3.63) is 64.1 Å². The van der Waals surface area contributed by atoms with Crippen LogP contribution in [0.3, 0.4) is 0 Å². The Balaban J connectivity index is 1.71. The molecule has 1 aromatic carbocycles. The fraction of sp³-hybridized carbons (Fsp3) is 0.545. The molecular weight excluding hydrogens is 564 g/mol. The van der Waals surface area contributed by atoms with Crippen LogP contribution in [-0.2, 0) is 19.1 Å². The Kier molecular flexibility index (Phi) is 13.1. The lowest BCUT2D eigenvalue weighted by molar-refractivity contribution is -0.137. The number of carbonyl (C=O) groups excluding carboxylic acids is 4. The first-order chi connectivity index (χ1) is 20.5. The summed E-state index contributed by atoms with van der Waals surface area (Å²) in [4.78, 5) is 57.7. The first kappa shape index (κ1) is 34.1. The van der Waals surface area contributed by atoms with Gasteiger partial charge in [-0.2, -0.15) is 0 Å². The minimum Gasteiger partial charge on any atom is -0.371 e. The van der Waals surface area contributed by atoms with Crippen LogP contribution < -0.4 is 5.32 Å². The van der Waals surface area contributed by atoms with E-state index in [1.807, 2.05) is 49.2 Å². The molecule has 10 heteroatoms. The van der Waals surface area contributed by atoms with E-state index < -0.39 is 6.10 Å². The predicted octanol–water partition coefficient (Wildman–Crippen LogP) is 5.71. The van der Waals surface area contributed by atoms with E-state index >= 15 is 0 Å². The van der Waals surface area contributed by atoms with E-state index in [1.54, 1.807) is 5.38 Å². The number of rotatable bonds is 17. The van der Waals surface area contributed by atoms with Crippen molar-refractivity contribution in [2.24, 2.45) is 11.8 Å². The molecule has 1 N–H and O–H groups in total. The number of unbranched alkanes of at least 4 members (excludes halogenated alkanes) is 1. The highest BCUT2D eigenvalue weighted by Gasteiger charge is 2.30. The summed E-state index contributed by atoms with van der Waals surface area (Å²) in [5.74, 6) is -0.252. The molecule has 1 aliphatic heterocycles. The van der Waals surface area contributed by atoms with Gasteiger partial charge in [-0.3, -0.25) is 24.1 Å². The number of nitrogens with zero attached hydrogens (tertiary/aromatic N) is 3. The number of aromatic nitrogens is 1. The molecule has 9 nitrogen and oxygen atoms in total. The minimum atomic E-state index is -0.430. The molecule has 2 heterocycles. The zero-order chi connectivity index (χ0) is 31.5. The van der Waals surface area contributed by atoms with Gasteiger partial charge >= 0.3 is 0 Å². The first-order valence-corrected chi connectivity index (χ1v) is 16.1. The number of hydrogen-bond acceptors (Lipinski definition) is 7. The van der Waals surface area contributed by atoms with Crippen LogP contribution in [0.2, 0.25) is 0 Å². The third-order valence-electron chi connectivity index (χ3n) is 8.01. The van der Waals surface area contributed by atoms with Crippen molar-refractivity contribution in [1.29, 1.82) is 0 Å². The van der Waals surface area contributed by atoms with Crippen molar-refractivity contribution >= 4 is 35.0 Å². The number of imide groups is 1. The molecule has 0 spiro atoms. The molecule has 0 saturated carbocycles. The molecule has 1 aromatic heterocycles. The smallest absolute Gasteiger partial charge is 0.271 e. The molecule has 0 saturated heterocycles. The number of thiazole rings is 1. The van der Waals surface area contributed by atoms with E-state index in [9.17, 15) is 19.2 Å². The summed E-state index contributed by atoms with van der Waals surface area (Å²) in [6, 6.07) is 9.49. The van der Waals surface area contributed by atoms with E-state index in [2.05, 4.69) is 38.0 Å². The van der Waals surface area contributed by atoms with E-state index in [0.29, 0.717) is 55.5 Å². The topological polar surface area (TPSA) is 109 Å². The molecule has 234 valence electrons. The Morgan fingerprint density at radius 2 is 1.72 bits per heavy atom. The van der Waals surface area contributed by atoms with Crippen LogP contribution in [0.1, 0.15) is 99.9 Å². The maximum absolute atomic E-state index is 13.1. The Labute approximate surface area is 259 Å². The lowest BCUT2D eigenvalue weighted by Gasteiger charge is -2.34. The zero-order valence-electron chi connectivity index (χ0n) is 26.2. The quantitative estimate of drug-likeness (QED) is 0.182. The van der Waals surface area contributed by atoms with Crippen LogP contribution in [0.25, 0.3) is 0 Å². The summed E-state index contributed by atoms with van der Waals surface area (Å²) in [6.07, 6.45) is 5.35. The van der Waals surface area contributed by atoms with Gasteiger partial charge in [-0.15, -0.1) is 11.3 Å². The van der Waals surface area contributed by atoms with Gasteiger partial charge in [-0.25, -0.2) is 4.98 Å². The lowest BCUT2D eigenvalue weighted by atomic mass is 9.95. The van der Waals surface area contributed by atoms with Gasteiger partial charge in [0.2, 0.25) is 5.91 Å². The molecule has 2 aromatic rings. The Bertz CT molecular complexity index is 1240. The van der Waals surface area contributed by atoms with Gasteiger partial charge in [0.1, 0.15) is 16.8 Å². The molecule has 0 radical (unpaired) electrons. The van der Waals surface area contributed by atoms with Crippen LogP contribution in [0.15, 0.2) is 47.9 Å². The highest BCUT2D eigenvalue weighted by Crippen LogP contribution is 2.31. The molecule has 0 bridgehead atoms. The fourth-order valence-corrected chi connectivity index (χ4v) is 5.85. The maximum Gasteiger partial charge on any atom is 0.271 e. The average Bonchev–Trinajstić information content (AvgIpc) is 3.61. The van der Waals surface area contributed by atoms with Gasteiger partial charge in [-0.05, 0) is 37.2 Å². The molecule has 43 heavy (non-hydrogen) atoms. The van der Waals surface area contributed by atoms with Crippen molar-refractivity contribution in [3.8, 4) is 0 Å². The molecule has 0 unspecified atom stereocenters. The van der Waals surface area contributed by atoms with E-state index in [4.69, 9.17) is 4.74 Å². The molecule has 0 fully saturated rings. The van der Waals surface area contributed by atoms with Gasteiger partial charge in [0, 0.05) is 56.6 Å². The third-order valence-corrected chi connectivity index (χ3v) is 8.95. The summed E-state index contributed by atoms with van der Waals surface area (Å²) in [5.41, 5.74) is 1.34. The number of amides is 4. The van der Waals surface area contributed by atoms with Crippen LogP contribution in [0.5, 0.6) is 0 Å². The Hall–Kier alpha value is -3.37. The first-order valence-electron chi connectivity index (χ1n) is 15.2. The molecular formula is C33H46N4O5S. The van der Waals surface area contributed by atoms with Gasteiger partial charge in [0.15, 0.2) is 0 Å². The van der Waals surface area contributed by atoms with Crippen LogP contribution in [-0.4, -0.2) is 64.7 Å². The lowest BCUT2D eigenvalue weighted by Crippen LogP contribution is -2.42. The summed E-state index contributed by atoms with van der Waals surface area (Å²) >= 11 is 1.38. The van der Waals surface area contributed by atoms with E-state index in [-0.39, 0.29) is 41.6 Å². The molecule has 0 aliphatic carbocycles. The van der Waals surface area contributed by atoms with E-state index in [0.717, 1.165) is 12.0 Å². The fourth-order valence-electron chi connectivity index (χ4n) is 4.99. The normalized spacial score (nSPS) is 15.9. The minimum absolute atomic E-state index is 0.0910. The van der Waals surface area contributed by atoms with Crippen LogP contribution in [0, 0.1) is 11.8 Å². The standard InChI is InChI=1S/C33H46N4O5S/c1-7-23(4)19-31(40)36(6)27(22(2)3)20-28(42-18-12-11-17-37-29(38)15-16-30(37)39)33-35-26(21-43-33)32(41)34-24(5)25-13-9-8-10-14-25/h8-10,13-16,21-24,27-28H,7,11-12,17-20H2,1-6H3,(H,34,41)/t23-,24+,27+,28+/m0/s1. The summed E-state index contributed by atoms with van der Waals surface area (Å²) in [7, 11) is 1.86. The van der Waals surface area contributed by atoms with Gasteiger partial charge < -0.3 is 15.0 Å². The van der Waals surface area contributed by atoms with Crippen molar-refractivity contribution in [3.63, 3.8) is 0 Å². The Morgan fingerprint density at radius 1 is 1.05 bits per heavy atom. The number of carbonyl (C=O) groups is 4. The van der Waals surface area contributed by atoms with Gasteiger partial charge in [0.05, 0.1) is 6.04 Å². The highest BCUT2D eigenvalue weighted by molar-refractivity contribution is 7.09. The van der Waals surface area contributed by atoms with Crippen LogP contribution >= 0.6 is 11.3 Å². The average molecular weight is 611 g/mol. The SMILES string of the molecule is CC[C@H](C)CC(=O)N(C)[C@H](C[C@@H](OCCCCN1C(=O)C=CC1=O)c1nc(C(=O)N[C@H](C)c2ccccc2)cs1)C(C)C. The maximum atomic E-state index is 13.1. The molecule has 4 amide bonds. The summed E-state index contributed by atoms with van der Waals surface area (Å²) < 4.78 is 6.38. The number of benzene rings is 1. The molecule has 1 aliphatic rings. The van der Waals surface area contributed by atoms with E-state index in [1.165, 1.54) is 28.4 Å². The molecule has 4 atom stereocenters. The predicted molar refractivity (Wildman–Crippen MR) is 168 cm³/mol. The zero-order valence-corrected chi connectivity index (χ0v) is 27.1. The van der Waals surface area contributed by atoms with Crippen LogP contribution in [0.4, 0.5) is 0 Å². The summed E-state index contributed by atoms with van der Waals surface area (Å²) in [6.45, 7) is 11.0. The number of hydrogen-bond donors (Lipinski definition) is 1. The van der Waals surface area contributed by atoms with Crippen molar-refractivity contribution in [1.82, 2.24) is 20.1 Å². The number of nitrogens with one attached hydrogen (secondary N) is 1. The second kappa shape index (κ2) is 16.5.